The summed E-state index contributed by atoms with van der Waals surface area (Å²) in [5.74, 6) is -0.254. The van der Waals surface area contributed by atoms with Gasteiger partial charge in [0.2, 0.25) is 5.91 Å². The number of benzene rings is 2. The highest BCUT2D eigenvalue weighted by Gasteiger charge is 2.23. The Morgan fingerprint density at radius 1 is 1.00 bits per heavy atom. The molecule has 140 valence electrons. The topological polar surface area (TPSA) is 55.1 Å². The number of hydrogen-bond donors (Lipinski definition) is 2. The molecule has 3 nitrogen and oxygen atoms in total. The van der Waals surface area contributed by atoms with Crippen LogP contribution in [-0.2, 0) is 17.6 Å². The molecule has 2 aromatic carbocycles. The normalized spacial score (nSPS) is 11.5. The summed E-state index contributed by atoms with van der Waals surface area (Å²) in [6.45, 7) is 7.47. The first-order valence-corrected chi connectivity index (χ1v) is 9.51. The van der Waals surface area contributed by atoms with Crippen molar-refractivity contribution in [3.63, 3.8) is 0 Å². The number of carbonyl (C=O) groups is 1. The summed E-state index contributed by atoms with van der Waals surface area (Å²) in [6.07, 6.45) is 4.32. The molecular formula is C23H32N2O. The molecule has 0 radical (unpaired) electrons. The van der Waals surface area contributed by atoms with E-state index in [1.165, 1.54) is 22.3 Å². The van der Waals surface area contributed by atoms with Crippen LogP contribution >= 0.6 is 0 Å². The minimum absolute atomic E-state index is 0.254. The van der Waals surface area contributed by atoms with Crippen LogP contribution in [0.15, 0.2) is 48.5 Å². The Hall–Kier alpha value is -2.13. The summed E-state index contributed by atoms with van der Waals surface area (Å²) in [7, 11) is 0. The van der Waals surface area contributed by atoms with Crippen molar-refractivity contribution in [2.75, 3.05) is 13.1 Å². The van der Waals surface area contributed by atoms with E-state index < -0.39 is 5.41 Å². The molecule has 0 heterocycles. The first-order chi connectivity index (χ1) is 12.4. The van der Waals surface area contributed by atoms with Gasteiger partial charge < -0.3 is 11.1 Å². The highest BCUT2D eigenvalue weighted by atomic mass is 16.1. The van der Waals surface area contributed by atoms with E-state index in [9.17, 15) is 4.79 Å². The molecule has 0 saturated heterocycles. The summed E-state index contributed by atoms with van der Waals surface area (Å²) in [4.78, 5) is 11.3. The summed E-state index contributed by atoms with van der Waals surface area (Å²) in [5.41, 5.74) is 10.4. The Morgan fingerprint density at radius 2 is 1.65 bits per heavy atom. The summed E-state index contributed by atoms with van der Waals surface area (Å²) in [5, 5.41) is 3.33. The average Bonchev–Trinajstić information content (AvgIpc) is 2.61. The van der Waals surface area contributed by atoms with E-state index in [-0.39, 0.29) is 5.91 Å². The maximum Gasteiger partial charge on any atom is 0.224 e. The molecular weight excluding hydrogens is 320 g/mol. The van der Waals surface area contributed by atoms with Gasteiger partial charge in [-0.15, -0.1) is 0 Å². The van der Waals surface area contributed by atoms with Crippen molar-refractivity contribution in [1.82, 2.24) is 5.32 Å². The molecule has 0 aliphatic heterocycles. The zero-order valence-corrected chi connectivity index (χ0v) is 16.3. The fourth-order valence-corrected chi connectivity index (χ4v) is 2.92. The first kappa shape index (κ1) is 20.2. The number of nitrogens with one attached hydrogen (secondary N) is 1. The van der Waals surface area contributed by atoms with Crippen molar-refractivity contribution in [3.8, 4) is 0 Å². The lowest BCUT2D eigenvalue weighted by Crippen LogP contribution is -2.40. The molecule has 2 aromatic rings. The number of amides is 1. The lowest BCUT2D eigenvalue weighted by Gasteiger charge is -2.20. The second-order valence-corrected chi connectivity index (χ2v) is 7.80. The van der Waals surface area contributed by atoms with Gasteiger partial charge in [-0.3, -0.25) is 4.79 Å². The number of rotatable bonds is 10. The molecule has 1 amide bonds. The monoisotopic (exact) mass is 352 g/mol. The van der Waals surface area contributed by atoms with Crippen molar-refractivity contribution in [3.05, 3.63) is 70.8 Å². The van der Waals surface area contributed by atoms with Gasteiger partial charge in [-0.2, -0.15) is 0 Å². The molecule has 0 unspecified atom stereocenters. The molecule has 3 N–H and O–H groups in total. The predicted molar refractivity (Wildman–Crippen MR) is 109 cm³/mol. The maximum atomic E-state index is 11.3. The minimum Gasteiger partial charge on any atom is -0.369 e. The van der Waals surface area contributed by atoms with Crippen molar-refractivity contribution >= 4 is 5.91 Å². The van der Waals surface area contributed by atoms with E-state index in [4.69, 9.17) is 5.73 Å². The molecule has 0 fully saturated rings. The second kappa shape index (κ2) is 9.54. The van der Waals surface area contributed by atoms with Crippen LogP contribution in [-0.4, -0.2) is 19.0 Å². The van der Waals surface area contributed by atoms with Gasteiger partial charge in [0.15, 0.2) is 0 Å². The SMILES string of the molecule is Cc1ccccc1Cc1ccc(CCCCNCC(C)(C)C(N)=O)cc1. The van der Waals surface area contributed by atoms with Crippen LogP contribution < -0.4 is 11.1 Å². The Bertz CT molecular complexity index is 704. The Balaban J connectivity index is 1.69. The van der Waals surface area contributed by atoms with Crippen LogP contribution in [0.1, 0.15) is 48.9 Å². The molecule has 0 saturated carbocycles. The first-order valence-electron chi connectivity index (χ1n) is 9.51. The molecule has 0 atom stereocenters. The van der Waals surface area contributed by atoms with Gasteiger partial charge in [0.25, 0.3) is 0 Å². The van der Waals surface area contributed by atoms with Crippen LogP contribution in [0.4, 0.5) is 0 Å². The van der Waals surface area contributed by atoms with Gasteiger partial charge in [0.1, 0.15) is 0 Å². The molecule has 0 aliphatic rings. The molecule has 2 rings (SSSR count). The molecule has 0 aromatic heterocycles. The fourth-order valence-electron chi connectivity index (χ4n) is 2.92. The molecule has 0 bridgehead atoms. The van der Waals surface area contributed by atoms with Gasteiger partial charge in [-0.1, -0.05) is 48.5 Å². The van der Waals surface area contributed by atoms with Crippen molar-refractivity contribution in [2.45, 2.75) is 46.5 Å². The standard InChI is InChI=1S/C23H32N2O/c1-18-8-4-5-10-21(18)16-20-13-11-19(12-14-20)9-6-7-15-25-17-23(2,3)22(24)26/h4-5,8,10-14,25H,6-7,9,15-17H2,1-3H3,(H2,24,26). The Labute approximate surface area is 158 Å². The van der Waals surface area contributed by atoms with E-state index in [1.807, 2.05) is 13.8 Å². The third kappa shape index (κ3) is 6.30. The largest absolute Gasteiger partial charge is 0.369 e. The molecule has 26 heavy (non-hydrogen) atoms. The van der Waals surface area contributed by atoms with Crippen LogP contribution in [0.3, 0.4) is 0 Å². The number of unbranched alkanes of at least 4 members (excludes halogenated alkanes) is 1. The van der Waals surface area contributed by atoms with Gasteiger partial charge in [-0.05, 0) is 75.3 Å². The van der Waals surface area contributed by atoms with Gasteiger partial charge in [0.05, 0.1) is 5.41 Å². The molecule has 0 spiro atoms. The lowest BCUT2D eigenvalue weighted by atomic mass is 9.93. The highest BCUT2D eigenvalue weighted by molar-refractivity contribution is 5.80. The van der Waals surface area contributed by atoms with E-state index in [0.29, 0.717) is 6.54 Å². The number of aryl methyl sites for hydroxylation is 2. The number of hydrogen-bond acceptors (Lipinski definition) is 2. The van der Waals surface area contributed by atoms with Gasteiger partial charge >= 0.3 is 0 Å². The fraction of sp³-hybridized carbons (Fsp3) is 0.435. The summed E-state index contributed by atoms with van der Waals surface area (Å²) in [6, 6.07) is 17.6. The minimum atomic E-state index is -0.479. The summed E-state index contributed by atoms with van der Waals surface area (Å²) < 4.78 is 0. The quantitative estimate of drug-likeness (QED) is 0.635. The van der Waals surface area contributed by atoms with Crippen LogP contribution in [0, 0.1) is 12.3 Å². The third-order valence-corrected chi connectivity index (χ3v) is 4.98. The van der Waals surface area contributed by atoms with Gasteiger partial charge in [-0.25, -0.2) is 0 Å². The third-order valence-electron chi connectivity index (χ3n) is 4.98. The van der Waals surface area contributed by atoms with Crippen LogP contribution in [0.25, 0.3) is 0 Å². The van der Waals surface area contributed by atoms with Crippen LogP contribution in [0.2, 0.25) is 0 Å². The van der Waals surface area contributed by atoms with E-state index in [2.05, 4.69) is 60.8 Å². The number of nitrogens with two attached hydrogens (primary N) is 1. The Morgan fingerprint density at radius 3 is 2.31 bits per heavy atom. The van der Waals surface area contributed by atoms with Crippen molar-refractivity contribution in [1.29, 1.82) is 0 Å². The highest BCUT2D eigenvalue weighted by Crippen LogP contribution is 2.15. The van der Waals surface area contributed by atoms with Gasteiger partial charge in [0, 0.05) is 6.54 Å². The smallest absolute Gasteiger partial charge is 0.224 e. The number of carbonyl (C=O) groups excluding carboxylic acids is 1. The molecule has 3 heteroatoms. The van der Waals surface area contributed by atoms with E-state index in [1.54, 1.807) is 0 Å². The van der Waals surface area contributed by atoms with Crippen molar-refractivity contribution < 1.29 is 4.79 Å². The summed E-state index contributed by atoms with van der Waals surface area (Å²) >= 11 is 0. The maximum absolute atomic E-state index is 11.3. The van der Waals surface area contributed by atoms with Crippen molar-refractivity contribution in [2.24, 2.45) is 11.1 Å². The average molecular weight is 353 g/mol. The number of primary amides is 1. The van der Waals surface area contributed by atoms with E-state index in [0.717, 1.165) is 32.2 Å². The predicted octanol–water partition coefficient (Wildman–Crippen LogP) is 4.01. The molecule has 0 aliphatic carbocycles. The second-order valence-electron chi connectivity index (χ2n) is 7.80. The zero-order valence-electron chi connectivity index (χ0n) is 16.3. The lowest BCUT2D eigenvalue weighted by molar-refractivity contribution is -0.125. The Kier molecular flexibility index (Phi) is 7.40. The zero-order chi connectivity index (χ0) is 19.0. The van der Waals surface area contributed by atoms with E-state index >= 15 is 0 Å². The van der Waals surface area contributed by atoms with Crippen LogP contribution in [0.5, 0.6) is 0 Å².